The van der Waals surface area contributed by atoms with Crippen molar-refractivity contribution >= 4 is 17.5 Å². The summed E-state index contributed by atoms with van der Waals surface area (Å²) in [6, 6.07) is 1.31. The molecule has 2 fully saturated rings. The minimum Gasteiger partial charge on any atom is -0.393 e. The summed E-state index contributed by atoms with van der Waals surface area (Å²) in [6.07, 6.45) is 1.86. The Hall–Kier alpha value is -1.24. The van der Waals surface area contributed by atoms with Crippen molar-refractivity contribution in [3.63, 3.8) is 0 Å². The third kappa shape index (κ3) is 3.20. The third-order valence-electron chi connectivity index (χ3n) is 4.69. The zero-order valence-corrected chi connectivity index (χ0v) is 13.2. The average Bonchev–Trinajstić information content (AvgIpc) is 2.96. The van der Waals surface area contributed by atoms with E-state index in [-0.39, 0.29) is 29.1 Å². The van der Waals surface area contributed by atoms with Gasteiger partial charge in [0.1, 0.15) is 11.6 Å². The second-order valence-electron chi connectivity index (χ2n) is 6.05. The maximum absolute atomic E-state index is 14.0. The van der Waals surface area contributed by atoms with Gasteiger partial charge >= 0.3 is 0 Å². The van der Waals surface area contributed by atoms with Gasteiger partial charge in [0.15, 0.2) is 0 Å². The SMILES string of the molecule is O=C(c1cc(F)c(Cl)cc1F)N1CCOC[C@@H]1[C@H]1CCC[C@H]1O. The van der Waals surface area contributed by atoms with Gasteiger partial charge in [-0.05, 0) is 25.0 Å². The van der Waals surface area contributed by atoms with E-state index in [1.807, 2.05) is 0 Å². The molecule has 1 aromatic rings. The van der Waals surface area contributed by atoms with E-state index < -0.39 is 23.6 Å². The Morgan fingerprint density at radius 1 is 1.30 bits per heavy atom. The number of ether oxygens (including phenoxy) is 1. The molecular weight excluding hydrogens is 328 g/mol. The van der Waals surface area contributed by atoms with Crippen molar-refractivity contribution in [3.05, 3.63) is 34.4 Å². The molecule has 1 aliphatic heterocycles. The summed E-state index contributed by atoms with van der Waals surface area (Å²) in [4.78, 5) is 14.2. The molecule has 3 rings (SSSR count). The van der Waals surface area contributed by atoms with Crippen LogP contribution in [0.2, 0.25) is 5.02 Å². The lowest BCUT2D eigenvalue weighted by Gasteiger charge is -2.40. The zero-order chi connectivity index (χ0) is 16.6. The van der Waals surface area contributed by atoms with Gasteiger partial charge < -0.3 is 14.7 Å². The van der Waals surface area contributed by atoms with Gasteiger partial charge in [-0.2, -0.15) is 0 Å². The van der Waals surface area contributed by atoms with E-state index in [9.17, 15) is 18.7 Å². The van der Waals surface area contributed by atoms with Crippen molar-refractivity contribution in [2.75, 3.05) is 19.8 Å². The molecule has 1 N–H and O–H groups in total. The second-order valence-corrected chi connectivity index (χ2v) is 6.46. The molecule has 4 nitrogen and oxygen atoms in total. The molecular formula is C16H18ClF2NO3. The normalized spacial score (nSPS) is 28.2. The molecule has 126 valence electrons. The maximum atomic E-state index is 14.0. The van der Waals surface area contributed by atoms with Crippen LogP contribution in [0.4, 0.5) is 8.78 Å². The minimum absolute atomic E-state index is 0.0977. The number of morpholine rings is 1. The van der Waals surface area contributed by atoms with Crippen LogP contribution < -0.4 is 0 Å². The summed E-state index contributed by atoms with van der Waals surface area (Å²) in [7, 11) is 0. The second kappa shape index (κ2) is 6.71. The fourth-order valence-corrected chi connectivity index (χ4v) is 3.64. The standard InChI is InChI=1S/C16H18ClF2NO3/c17-11-7-12(18)10(6-13(11)19)16(22)20-4-5-23-8-14(20)9-2-1-3-15(9)21/h6-7,9,14-15,21H,1-5,8H2/t9-,14-,15-/m1/s1. The van der Waals surface area contributed by atoms with Crippen LogP contribution in [0.5, 0.6) is 0 Å². The average molecular weight is 346 g/mol. The molecule has 23 heavy (non-hydrogen) atoms. The molecule has 1 amide bonds. The molecule has 7 heteroatoms. The van der Waals surface area contributed by atoms with Crippen LogP contribution in [0.25, 0.3) is 0 Å². The van der Waals surface area contributed by atoms with Crippen LogP contribution >= 0.6 is 11.6 Å². The third-order valence-corrected chi connectivity index (χ3v) is 4.98. The molecule has 1 heterocycles. The lowest BCUT2D eigenvalue weighted by atomic mass is 9.93. The van der Waals surface area contributed by atoms with E-state index in [2.05, 4.69) is 0 Å². The lowest BCUT2D eigenvalue weighted by Crippen LogP contribution is -2.53. The summed E-state index contributed by atoms with van der Waals surface area (Å²) in [6.45, 7) is 0.921. The molecule has 1 aromatic carbocycles. The van der Waals surface area contributed by atoms with Crippen LogP contribution in [0.1, 0.15) is 29.6 Å². The molecule has 1 saturated carbocycles. The van der Waals surface area contributed by atoms with Gasteiger partial charge in [-0.25, -0.2) is 8.78 Å². The first kappa shape index (κ1) is 16.6. The Morgan fingerprint density at radius 3 is 2.78 bits per heavy atom. The molecule has 0 unspecified atom stereocenters. The van der Waals surface area contributed by atoms with Crippen molar-refractivity contribution in [2.24, 2.45) is 5.92 Å². The molecule has 1 saturated heterocycles. The van der Waals surface area contributed by atoms with Crippen molar-refractivity contribution in [1.82, 2.24) is 4.90 Å². The molecule has 3 atom stereocenters. The molecule has 0 aromatic heterocycles. The smallest absolute Gasteiger partial charge is 0.257 e. The maximum Gasteiger partial charge on any atom is 0.257 e. The summed E-state index contributed by atoms with van der Waals surface area (Å²) < 4.78 is 33.1. The number of benzene rings is 1. The Bertz CT molecular complexity index is 613. The molecule has 0 radical (unpaired) electrons. The highest BCUT2D eigenvalue weighted by Gasteiger charge is 2.40. The quantitative estimate of drug-likeness (QED) is 0.838. The van der Waals surface area contributed by atoms with Gasteiger partial charge in [-0.3, -0.25) is 4.79 Å². The molecule has 0 bridgehead atoms. The first-order valence-electron chi connectivity index (χ1n) is 7.70. The molecule has 2 aliphatic rings. The van der Waals surface area contributed by atoms with Crippen LogP contribution in [-0.4, -0.2) is 47.8 Å². The van der Waals surface area contributed by atoms with Gasteiger partial charge in [-0.1, -0.05) is 18.0 Å². The van der Waals surface area contributed by atoms with E-state index >= 15 is 0 Å². The minimum atomic E-state index is -0.849. The predicted octanol–water partition coefficient (Wildman–Crippen LogP) is 2.62. The number of hydrogen-bond acceptors (Lipinski definition) is 3. The number of amides is 1. The molecule has 0 spiro atoms. The Balaban J connectivity index is 1.88. The van der Waals surface area contributed by atoms with Gasteiger partial charge in [0.2, 0.25) is 0 Å². The number of hydrogen-bond donors (Lipinski definition) is 1. The van der Waals surface area contributed by atoms with Gasteiger partial charge in [0.05, 0.1) is 35.9 Å². The number of carbonyl (C=O) groups excluding carboxylic acids is 1. The van der Waals surface area contributed by atoms with Crippen molar-refractivity contribution in [1.29, 1.82) is 0 Å². The predicted molar refractivity (Wildman–Crippen MR) is 80.4 cm³/mol. The Labute approximate surface area is 138 Å². The largest absolute Gasteiger partial charge is 0.393 e. The number of halogens is 3. The van der Waals surface area contributed by atoms with Gasteiger partial charge in [0.25, 0.3) is 5.91 Å². The Morgan fingerprint density at radius 2 is 2.09 bits per heavy atom. The van der Waals surface area contributed by atoms with E-state index in [1.165, 1.54) is 4.90 Å². The fraction of sp³-hybridized carbons (Fsp3) is 0.562. The highest BCUT2D eigenvalue weighted by Crippen LogP contribution is 2.33. The van der Waals surface area contributed by atoms with E-state index in [0.717, 1.165) is 25.0 Å². The number of aliphatic hydroxyl groups is 1. The monoisotopic (exact) mass is 345 g/mol. The number of carbonyl (C=O) groups is 1. The van der Waals surface area contributed by atoms with Crippen LogP contribution in [0.15, 0.2) is 12.1 Å². The highest BCUT2D eigenvalue weighted by molar-refractivity contribution is 6.30. The van der Waals surface area contributed by atoms with Crippen LogP contribution in [-0.2, 0) is 4.74 Å². The van der Waals surface area contributed by atoms with E-state index in [0.29, 0.717) is 19.6 Å². The van der Waals surface area contributed by atoms with Crippen LogP contribution in [0, 0.1) is 17.6 Å². The summed E-state index contributed by atoms with van der Waals surface area (Å²) >= 11 is 5.53. The first-order chi connectivity index (χ1) is 11.0. The number of nitrogens with zero attached hydrogens (tertiary/aromatic N) is 1. The van der Waals surface area contributed by atoms with E-state index in [1.54, 1.807) is 0 Å². The summed E-state index contributed by atoms with van der Waals surface area (Å²) in [5.74, 6) is -2.37. The highest BCUT2D eigenvalue weighted by atomic mass is 35.5. The van der Waals surface area contributed by atoms with Crippen molar-refractivity contribution in [2.45, 2.75) is 31.4 Å². The van der Waals surface area contributed by atoms with Crippen LogP contribution in [0.3, 0.4) is 0 Å². The van der Waals surface area contributed by atoms with Crippen molar-refractivity contribution < 1.29 is 23.4 Å². The van der Waals surface area contributed by atoms with E-state index in [4.69, 9.17) is 16.3 Å². The first-order valence-corrected chi connectivity index (χ1v) is 8.08. The zero-order valence-electron chi connectivity index (χ0n) is 12.5. The van der Waals surface area contributed by atoms with Gasteiger partial charge in [0, 0.05) is 12.5 Å². The topological polar surface area (TPSA) is 49.8 Å². The number of aliphatic hydroxyl groups excluding tert-OH is 1. The Kier molecular flexibility index (Phi) is 4.85. The van der Waals surface area contributed by atoms with Gasteiger partial charge in [-0.15, -0.1) is 0 Å². The number of rotatable bonds is 2. The summed E-state index contributed by atoms with van der Waals surface area (Å²) in [5.41, 5.74) is -0.341. The fourth-order valence-electron chi connectivity index (χ4n) is 3.49. The molecule has 1 aliphatic carbocycles. The summed E-state index contributed by atoms with van der Waals surface area (Å²) in [5, 5.41) is 9.74. The lowest BCUT2D eigenvalue weighted by molar-refractivity contribution is -0.0385. The van der Waals surface area contributed by atoms with Crippen molar-refractivity contribution in [3.8, 4) is 0 Å².